The van der Waals surface area contributed by atoms with Gasteiger partial charge in [0.2, 0.25) is 0 Å². The van der Waals surface area contributed by atoms with Crippen LogP contribution in [0.4, 0.5) is 5.69 Å². The lowest BCUT2D eigenvalue weighted by molar-refractivity contribution is -0.222. The maximum absolute atomic E-state index is 11.8. The standard InChI is InChI=1S/C16H15NO5/c1-5-10-8-11(6-7-13(10)20-4)17-9-12-14(18)21-16(2,3)22-15(12)19/h1,6-9,17H,2-4H3. The first kappa shape index (κ1) is 15.4. The van der Waals surface area contributed by atoms with Gasteiger partial charge in [0.15, 0.2) is 5.57 Å². The van der Waals surface area contributed by atoms with Crippen LogP contribution in [0.25, 0.3) is 0 Å². The van der Waals surface area contributed by atoms with Crippen LogP contribution in [0.5, 0.6) is 5.75 Å². The summed E-state index contributed by atoms with van der Waals surface area (Å²) >= 11 is 0. The van der Waals surface area contributed by atoms with Gasteiger partial charge in [0.05, 0.1) is 12.7 Å². The fourth-order valence-corrected chi connectivity index (χ4v) is 1.84. The number of hydrogen-bond acceptors (Lipinski definition) is 6. The van der Waals surface area contributed by atoms with Gasteiger partial charge >= 0.3 is 11.9 Å². The summed E-state index contributed by atoms with van der Waals surface area (Å²) in [5, 5.41) is 2.81. The van der Waals surface area contributed by atoms with Gasteiger partial charge in [-0.05, 0) is 18.2 Å². The zero-order chi connectivity index (χ0) is 16.3. The zero-order valence-corrected chi connectivity index (χ0v) is 12.4. The number of nitrogens with one attached hydrogen (secondary N) is 1. The number of anilines is 1. The Morgan fingerprint density at radius 3 is 2.45 bits per heavy atom. The predicted octanol–water partition coefficient (Wildman–Crippen LogP) is 1.81. The van der Waals surface area contributed by atoms with E-state index < -0.39 is 17.7 Å². The highest BCUT2D eigenvalue weighted by atomic mass is 16.7. The Morgan fingerprint density at radius 2 is 1.91 bits per heavy atom. The van der Waals surface area contributed by atoms with Gasteiger partial charge in [-0.3, -0.25) is 0 Å². The molecule has 0 amide bonds. The Bertz CT molecular complexity index is 675. The molecule has 0 unspecified atom stereocenters. The zero-order valence-electron chi connectivity index (χ0n) is 12.4. The average molecular weight is 301 g/mol. The van der Waals surface area contributed by atoms with Gasteiger partial charge in [0.1, 0.15) is 5.75 Å². The molecule has 0 aliphatic carbocycles. The predicted molar refractivity (Wildman–Crippen MR) is 78.9 cm³/mol. The molecular weight excluding hydrogens is 286 g/mol. The van der Waals surface area contributed by atoms with E-state index in [2.05, 4.69) is 11.2 Å². The van der Waals surface area contributed by atoms with Crippen molar-refractivity contribution in [2.45, 2.75) is 19.6 Å². The average Bonchev–Trinajstić information content (AvgIpc) is 2.44. The third kappa shape index (κ3) is 3.20. The topological polar surface area (TPSA) is 73.9 Å². The lowest BCUT2D eigenvalue weighted by Crippen LogP contribution is -2.42. The highest BCUT2D eigenvalue weighted by molar-refractivity contribution is 6.15. The lowest BCUT2D eigenvalue weighted by Gasteiger charge is -2.29. The van der Waals surface area contributed by atoms with Crippen LogP contribution in [0.3, 0.4) is 0 Å². The Morgan fingerprint density at radius 1 is 1.27 bits per heavy atom. The summed E-state index contributed by atoms with van der Waals surface area (Å²) in [4.78, 5) is 23.6. The van der Waals surface area contributed by atoms with Crippen molar-refractivity contribution in [2.75, 3.05) is 12.4 Å². The van der Waals surface area contributed by atoms with Crippen molar-refractivity contribution in [1.82, 2.24) is 0 Å². The van der Waals surface area contributed by atoms with Crippen LogP contribution in [-0.4, -0.2) is 24.8 Å². The maximum Gasteiger partial charge on any atom is 0.350 e. The van der Waals surface area contributed by atoms with E-state index >= 15 is 0 Å². The Labute approximate surface area is 128 Å². The van der Waals surface area contributed by atoms with Crippen LogP contribution >= 0.6 is 0 Å². The molecule has 1 aromatic carbocycles. The molecule has 1 fully saturated rings. The number of esters is 2. The number of cyclic esters (lactones) is 2. The highest BCUT2D eigenvalue weighted by Gasteiger charge is 2.38. The second-order valence-corrected chi connectivity index (χ2v) is 4.94. The van der Waals surface area contributed by atoms with E-state index in [1.807, 2.05) is 0 Å². The number of rotatable bonds is 3. The molecule has 1 saturated heterocycles. The first-order chi connectivity index (χ1) is 10.4. The Hall–Kier alpha value is -2.94. The van der Waals surface area contributed by atoms with Crippen LogP contribution < -0.4 is 10.1 Å². The minimum atomic E-state index is -1.26. The van der Waals surface area contributed by atoms with Gasteiger partial charge in [-0.1, -0.05) is 5.92 Å². The molecule has 0 aromatic heterocycles. The number of benzene rings is 1. The Balaban J connectivity index is 2.20. The van der Waals surface area contributed by atoms with Crippen LogP contribution in [0.2, 0.25) is 0 Å². The summed E-state index contributed by atoms with van der Waals surface area (Å²) in [7, 11) is 1.51. The molecule has 0 radical (unpaired) electrons. The Kier molecular flexibility index (Phi) is 4.08. The van der Waals surface area contributed by atoms with E-state index in [-0.39, 0.29) is 5.57 Å². The van der Waals surface area contributed by atoms with Crippen molar-refractivity contribution in [3.05, 3.63) is 35.5 Å². The molecule has 6 nitrogen and oxygen atoms in total. The minimum absolute atomic E-state index is 0.225. The molecule has 0 spiro atoms. The maximum atomic E-state index is 11.8. The SMILES string of the molecule is C#Cc1cc(NC=C2C(=O)OC(C)(C)OC2=O)ccc1OC. The summed E-state index contributed by atoms with van der Waals surface area (Å²) in [6.45, 7) is 2.96. The molecule has 1 aliphatic heterocycles. The van der Waals surface area contributed by atoms with Crippen LogP contribution in [0.1, 0.15) is 19.4 Å². The molecule has 1 aliphatic rings. The summed E-state index contributed by atoms with van der Waals surface area (Å²) in [6, 6.07) is 5.02. The monoisotopic (exact) mass is 301 g/mol. The summed E-state index contributed by atoms with van der Waals surface area (Å²) in [5.41, 5.74) is 0.907. The minimum Gasteiger partial charge on any atom is -0.495 e. The van der Waals surface area contributed by atoms with E-state index in [4.69, 9.17) is 20.6 Å². The van der Waals surface area contributed by atoms with E-state index in [0.717, 1.165) is 0 Å². The first-order valence-electron chi connectivity index (χ1n) is 6.44. The summed E-state index contributed by atoms with van der Waals surface area (Å²) in [6.07, 6.45) is 6.61. The number of hydrogen-bond donors (Lipinski definition) is 1. The van der Waals surface area contributed by atoms with E-state index in [1.54, 1.807) is 18.2 Å². The molecule has 1 N–H and O–H groups in total. The van der Waals surface area contributed by atoms with Crippen molar-refractivity contribution in [2.24, 2.45) is 0 Å². The number of ether oxygens (including phenoxy) is 3. The highest BCUT2D eigenvalue weighted by Crippen LogP contribution is 2.24. The van der Waals surface area contributed by atoms with E-state index in [1.165, 1.54) is 27.2 Å². The molecule has 1 heterocycles. The molecule has 0 bridgehead atoms. The van der Waals surface area contributed by atoms with Crippen molar-refractivity contribution >= 4 is 17.6 Å². The molecular formula is C16H15NO5. The van der Waals surface area contributed by atoms with Gasteiger partial charge in [0.25, 0.3) is 5.79 Å². The number of carbonyl (C=O) groups excluding carboxylic acids is 2. The third-order valence-corrected chi connectivity index (χ3v) is 2.85. The van der Waals surface area contributed by atoms with Crippen LogP contribution in [0, 0.1) is 12.3 Å². The van der Waals surface area contributed by atoms with Crippen molar-refractivity contribution in [3.8, 4) is 18.1 Å². The van der Waals surface area contributed by atoms with Crippen molar-refractivity contribution in [1.29, 1.82) is 0 Å². The molecule has 0 saturated carbocycles. The van der Waals surface area contributed by atoms with Gasteiger partial charge in [0, 0.05) is 25.7 Å². The fraction of sp³-hybridized carbons (Fsp3) is 0.250. The van der Waals surface area contributed by atoms with Crippen LogP contribution in [-0.2, 0) is 19.1 Å². The van der Waals surface area contributed by atoms with Gasteiger partial charge in [-0.15, -0.1) is 6.42 Å². The molecule has 6 heteroatoms. The van der Waals surface area contributed by atoms with Gasteiger partial charge in [-0.25, -0.2) is 9.59 Å². The number of carbonyl (C=O) groups is 2. The molecule has 22 heavy (non-hydrogen) atoms. The van der Waals surface area contributed by atoms with Crippen molar-refractivity contribution < 1.29 is 23.8 Å². The molecule has 114 valence electrons. The van der Waals surface area contributed by atoms with Crippen LogP contribution in [0.15, 0.2) is 30.0 Å². The molecule has 1 aromatic rings. The second-order valence-electron chi connectivity index (χ2n) is 4.94. The first-order valence-corrected chi connectivity index (χ1v) is 6.44. The fourth-order valence-electron chi connectivity index (χ4n) is 1.84. The number of terminal acetylenes is 1. The van der Waals surface area contributed by atoms with Crippen molar-refractivity contribution in [3.63, 3.8) is 0 Å². The second kappa shape index (κ2) is 5.82. The largest absolute Gasteiger partial charge is 0.495 e. The summed E-state index contributed by atoms with van der Waals surface area (Å²) < 4.78 is 15.1. The molecule has 2 rings (SSSR count). The smallest absolute Gasteiger partial charge is 0.350 e. The van der Waals surface area contributed by atoms with Gasteiger partial charge in [-0.2, -0.15) is 0 Å². The quantitative estimate of drug-likeness (QED) is 0.397. The number of methoxy groups -OCH3 is 1. The summed E-state index contributed by atoms with van der Waals surface area (Å²) in [5.74, 6) is 0.276. The van der Waals surface area contributed by atoms with E-state index in [0.29, 0.717) is 17.0 Å². The third-order valence-electron chi connectivity index (χ3n) is 2.85. The van der Waals surface area contributed by atoms with E-state index in [9.17, 15) is 9.59 Å². The lowest BCUT2D eigenvalue weighted by atomic mass is 10.2. The molecule has 0 atom stereocenters. The normalized spacial score (nSPS) is 16.2. The van der Waals surface area contributed by atoms with Gasteiger partial charge < -0.3 is 19.5 Å².